The minimum absolute atomic E-state index is 0.478. The van der Waals surface area contributed by atoms with Gasteiger partial charge in [0.15, 0.2) is 0 Å². The summed E-state index contributed by atoms with van der Waals surface area (Å²) < 4.78 is 0. The Morgan fingerprint density at radius 2 is 2.26 bits per heavy atom. The average molecular weight is 274 g/mol. The molecule has 1 fully saturated rings. The number of hydrogen-bond acceptors (Lipinski definition) is 4. The van der Waals surface area contributed by atoms with Gasteiger partial charge in [-0.15, -0.1) is 11.3 Å². The van der Waals surface area contributed by atoms with Crippen molar-refractivity contribution in [2.24, 2.45) is 0 Å². The van der Waals surface area contributed by atoms with Gasteiger partial charge >= 0.3 is 0 Å². The second kappa shape index (κ2) is 5.31. The Bertz CT molecular complexity index is 535. The molecule has 19 heavy (non-hydrogen) atoms. The molecule has 1 N–H and O–H groups in total. The maximum absolute atomic E-state index is 9.92. The van der Waals surface area contributed by atoms with E-state index in [1.807, 2.05) is 18.3 Å². The lowest BCUT2D eigenvalue weighted by atomic mass is 10.1. The Balaban J connectivity index is 1.92. The number of hydrogen-bond donors (Lipinski definition) is 1. The van der Waals surface area contributed by atoms with E-state index in [1.54, 1.807) is 18.3 Å². The lowest BCUT2D eigenvalue weighted by Gasteiger charge is -2.26. The highest BCUT2D eigenvalue weighted by Gasteiger charge is 2.31. The quantitative estimate of drug-likeness (QED) is 0.908. The molecule has 0 unspecified atom stereocenters. The number of rotatable bonds is 5. The summed E-state index contributed by atoms with van der Waals surface area (Å²) in [5, 5.41) is 12.0. The summed E-state index contributed by atoms with van der Waals surface area (Å²) >= 11 is 1.77. The van der Waals surface area contributed by atoms with Gasteiger partial charge in [0.1, 0.15) is 5.82 Å². The summed E-state index contributed by atoms with van der Waals surface area (Å²) in [5.74, 6) is 0.938. The van der Waals surface area contributed by atoms with Crippen LogP contribution < -0.4 is 4.90 Å². The second-order valence-corrected chi connectivity index (χ2v) is 6.06. The predicted octanol–water partition coefficient (Wildman–Crippen LogP) is 3.37. The predicted molar refractivity (Wildman–Crippen MR) is 78.4 cm³/mol. The van der Waals surface area contributed by atoms with Crippen LogP contribution in [-0.4, -0.2) is 16.1 Å². The molecule has 0 aromatic carbocycles. The van der Waals surface area contributed by atoms with Crippen LogP contribution in [0.15, 0.2) is 35.8 Å². The summed E-state index contributed by atoms with van der Waals surface area (Å²) in [6, 6.07) is 8.68. The van der Waals surface area contributed by atoms with Crippen molar-refractivity contribution in [3.8, 4) is 0 Å². The molecule has 2 aromatic heterocycles. The first-order chi connectivity index (χ1) is 9.25. The monoisotopic (exact) mass is 274 g/mol. The zero-order chi connectivity index (χ0) is 13.2. The van der Waals surface area contributed by atoms with E-state index in [0.29, 0.717) is 6.04 Å². The van der Waals surface area contributed by atoms with E-state index in [9.17, 15) is 5.11 Å². The topological polar surface area (TPSA) is 36.4 Å². The van der Waals surface area contributed by atoms with Crippen LogP contribution in [0.2, 0.25) is 0 Å². The number of aliphatic hydroxyl groups is 1. The molecule has 0 amide bonds. The Morgan fingerprint density at radius 3 is 2.89 bits per heavy atom. The van der Waals surface area contributed by atoms with Crippen LogP contribution in [0.25, 0.3) is 0 Å². The minimum atomic E-state index is -0.478. The van der Waals surface area contributed by atoms with E-state index in [1.165, 1.54) is 17.7 Å². The summed E-state index contributed by atoms with van der Waals surface area (Å²) in [6.07, 6.45) is 3.78. The van der Waals surface area contributed by atoms with Gasteiger partial charge in [-0.3, -0.25) is 0 Å². The molecule has 100 valence electrons. The second-order valence-electron chi connectivity index (χ2n) is 5.03. The summed E-state index contributed by atoms with van der Waals surface area (Å²) in [7, 11) is 0. The van der Waals surface area contributed by atoms with E-state index < -0.39 is 6.10 Å². The molecule has 0 radical (unpaired) electrons. The molecule has 2 heterocycles. The van der Waals surface area contributed by atoms with Crippen LogP contribution in [0.1, 0.15) is 36.3 Å². The van der Waals surface area contributed by atoms with Gasteiger partial charge in [0.05, 0.1) is 12.6 Å². The van der Waals surface area contributed by atoms with Crippen LogP contribution in [0.5, 0.6) is 0 Å². The zero-order valence-electron chi connectivity index (χ0n) is 11.0. The van der Waals surface area contributed by atoms with Gasteiger partial charge in [0, 0.05) is 22.7 Å². The van der Waals surface area contributed by atoms with Crippen LogP contribution in [0.4, 0.5) is 5.82 Å². The standard InChI is InChI=1S/C15H18N2OS/c1-11(18)14-5-2-8-16-15(14)17(12-6-7-12)10-13-4-3-9-19-13/h2-5,8-9,11-12,18H,6-7,10H2,1H3/t11-/m0/s1. The molecule has 0 aliphatic heterocycles. The lowest BCUT2D eigenvalue weighted by Crippen LogP contribution is -2.27. The van der Waals surface area contributed by atoms with Crippen molar-refractivity contribution >= 4 is 17.2 Å². The van der Waals surface area contributed by atoms with Crippen LogP contribution >= 0.6 is 11.3 Å². The number of pyridine rings is 1. The molecule has 0 spiro atoms. The lowest BCUT2D eigenvalue weighted by molar-refractivity contribution is 0.199. The number of aromatic nitrogens is 1. The molecule has 0 saturated heterocycles. The van der Waals surface area contributed by atoms with Crippen LogP contribution in [0, 0.1) is 0 Å². The molecule has 1 aliphatic rings. The highest BCUT2D eigenvalue weighted by atomic mass is 32.1. The highest BCUT2D eigenvalue weighted by molar-refractivity contribution is 7.09. The third-order valence-corrected chi connectivity index (χ3v) is 4.29. The van der Waals surface area contributed by atoms with E-state index in [2.05, 4.69) is 27.4 Å². The number of nitrogens with zero attached hydrogens (tertiary/aromatic N) is 2. The zero-order valence-corrected chi connectivity index (χ0v) is 11.8. The van der Waals surface area contributed by atoms with Crippen molar-refractivity contribution in [2.75, 3.05) is 4.90 Å². The third-order valence-electron chi connectivity index (χ3n) is 3.43. The smallest absolute Gasteiger partial charge is 0.134 e. The van der Waals surface area contributed by atoms with Crippen molar-refractivity contribution in [3.63, 3.8) is 0 Å². The van der Waals surface area contributed by atoms with E-state index in [-0.39, 0.29) is 0 Å². The van der Waals surface area contributed by atoms with E-state index in [4.69, 9.17) is 0 Å². The third kappa shape index (κ3) is 2.80. The Labute approximate surface area is 117 Å². The van der Waals surface area contributed by atoms with Crippen LogP contribution in [-0.2, 0) is 6.54 Å². The molecule has 0 bridgehead atoms. The van der Waals surface area contributed by atoms with E-state index >= 15 is 0 Å². The first-order valence-corrected chi connectivity index (χ1v) is 7.55. The summed E-state index contributed by atoms with van der Waals surface area (Å²) in [5.41, 5.74) is 0.922. The average Bonchev–Trinajstić information content (AvgIpc) is 3.13. The Kier molecular flexibility index (Phi) is 3.53. The van der Waals surface area contributed by atoms with Crippen molar-refractivity contribution in [1.82, 2.24) is 4.98 Å². The van der Waals surface area contributed by atoms with Gasteiger partial charge in [0.2, 0.25) is 0 Å². The largest absolute Gasteiger partial charge is 0.389 e. The van der Waals surface area contributed by atoms with Gasteiger partial charge in [-0.2, -0.15) is 0 Å². The fraction of sp³-hybridized carbons (Fsp3) is 0.400. The van der Waals surface area contributed by atoms with Crippen molar-refractivity contribution in [3.05, 3.63) is 46.3 Å². The molecule has 3 rings (SSSR count). The molecule has 2 aromatic rings. The molecule has 1 atom stereocenters. The Hall–Kier alpha value is -1.39. The molecule has 4 heteroatoms. The van der Waals surface area contributed by atoms with Gasteiger partial charge in [-0.1, -0.05) is 12.1 Å². The normalized spacial score (nSPS) is 16.3. The highest BCUT2D eigenvalue weighted by Crippen LogP contribution is 2.35. The van der Waals surface area contributed by atoms with Crippen molar-refractivity contribution in [1.29, 1.82) is 0 Å². The van der Waals surface area contributed by atoms with E-state index in [0.717, 1.165) is 17.9 Å². The summed E-state index contributed by atoms with van der Waals surface area (Å²) in [6.45, 7) is 2.69. The van der Waals surface area contributed by atoms with Crippen molar-refractivity contribution in [2.45, 2.75) is 38.5 Å². The van der Waals surface area contributed by atoms with Gasteiger partial charge in [-0.25, -0.2) is 4.98 Å². The molecular formula is C15H18N2OS. The molecule has 1 saturated carbocycles. The molecular weight excluding hydrogens is 256 g/mol. The maximum atomic E-state index is 9.92. The number of thiophene rings is 1. The Morgan fingerprint density at radius 1 is 1.42 bits per heavy atom. The summed E-state index contributed by atoms with van der Waals surface area (Å²) in [4.78, 5) is 8.20. The van der Waals surface area contributed by atoms with Crippen molar-refractivity contribution < 1.29 is 5.11 Å². The molecule has 3 nitrogen and oxygen atoms in total. The first kappa shape index (κ1) is 12.6. The molecule has 1 aliphatic carbocycles. The minimum Gasteiger partial charge on any atom is -0.389 e. The van der Waals surface area contributed by atoms with Gasteiger partial charge in [-0.05, 0) is 37.3 Å². The fourth-order valence-corrected chi connectivity index (χ4v) is 3.01. The SMILES string of the molecule is C[C@H](O)c1cccnc1N(Cc1cccs1)C1CC1. The first-order valence-electron chi connectivity index (χ1n) is 6.67. The van der Waals surface area contributed by atoms with Gasteiger partial charge < -0.3 is 10.0 Å². The fourth-order valence-electron chi connectivity index (χ4n) is 2.31. The van der Waals surface area contributed by atoms with Gasteiger partial charge in [0.25, 0.3) is 0 Å². The maximum Gasteiger partial charge on any atom is 0.134 e. The van der Waals surface area contributed by atoms with Crippen LogP contribution in [0.3, 0.4) is 0 Å². The number of anilines is 1. The number of aliphatic hydroxyl groups excluding tert-OH is 1.